The van der Waals surface area contributed by atoms with E-state index in [9.17, 15) is 4.79 Å². The van der Waals surface area contributed by atoms with Crippen molar-refractivity contribution in [2.24, 2.45) is 11.8 Å². The van der Waals surface area contributed by atoms with Crippen LogP contribution >= 0.6 is 0 Å². The molecule has 0 radical (unpaired) electrons. The first kappa shape index (κ1) is 17.5. The molecule has 1 amide bonds. The minimum absolute atomic E-state index is 0.0265. The molecule has 1 saturated carbocycles. The lowest BCUT2D eigenvalue weighted by Crippen LogP contribution is -2.67. The highest BCUT2D eigenvalue weighted by atomic mass is 28.4. The monoisotopic (exact) mass is 365 g/mol. The summed E-state index contributed by atoms with van der Waals surface area (Å²) in [6.07, 6.45) is 1.03. The second kappa shape index (κ2) is 6.36. The third-order valence-electron chi connectivity index (χ3n) is 5.92. The highest BCUT2D eigenvalue weighted by Gasteiger charge is 2.56. The summed E-state index contributed by atoms with van der Waals surface area (Å²) in [6, 6.07) is 21.5. The number of hydrogen-bond donors (Lipinski definition) is 1. The van der Waals surface area contributed by atoms with Gasteiger partial charge in [0.2, 0.25) is 5.91 Å². The summed E-state index contributed by atoms with van der Waals surface area (Å²) in [5, 5.41) is 5.69. The molecule has 0 aromatic heterocycles. The summed E-state index contributed by atoms with van der Waals surface area (Å²) in [7, 11) is -2.50. The SMILES string of the molecule is CC(C)(C)[Si](OC[C@H]1NC(=O)C2CC21)(c1ccccc1)c1ccccc1. The van der Waals surface area contributed by atoms with Gasteiger partial charge < -0.3 is 9.74 Å². The third kappa shape index (κ3) is 2.81. The summed E-state index contributed by atoms with van der Waals surface area (Å²) in [6.45, 7) is 7.45. The van der Waals surface area contributed by atoms with Gasteiger partial charge >= 0.3 is 0 Å². The Bertz CT molecular complexity index is 745. The van der Waals surface area contributed by atoms with Crippen molar-refractivity contribution in [2.45, 2.75) is 38.3 Å². The third-order valence-corrected chi connectivity index (χ3v) is 10.9. The molecule has 1 heterocycles. The maximum Gasteiger partial charge on any atom is 0.261 e. The van der Waals surface area contributed by atoms with E-state index >= 15 is 0 Å². The molecule has 0 bridgehead atoms. The zero-order valence-electron chi connectivity index (χ0n) is 15.7. The van der Waals surface area contributed by atoms with E-state index in [1.807, 2.05) is 0 Å². The van der Waals surface area contributed by atoms with Crippen molar-refractivity contribution in [3.8, 4) is 0 Å². The van der Waals surface area contributed by atoms with Gasteiger partial charge in [-0.25, -0.2) is 0 Å². The lowest BCUT2D eigenvalue weighted by atomic mass is 10.2. The fourth-order valence-corrected chi connectivity index (χ4v) is 9.08. The van der Waals surface area contributed by atoms with E-state index in [1.54, 1.807) is 0 Å². The van der Waals surface area contributed by atoms with Gasteiger partial charge in [0, 0.05) is 5.92 Å². The Balaban J connectivity index is 1.74. The fraction of sp³-hybridized carbons (Fsp3) is 0.409. The molecule has 4 rings (SSSR count). The van der Waals surface area contributed by atoms with Crippen LogP contribution in [0.3, 0.4) is 0 Å². The summed E-state index contributed by atoms with van der Waals surface area (Å²) in [4.78, 5) is 11.9. The zero-order valence-corrected chi connectivity index (χ0v) is 16.7. The van der Waals surface area contributed by atoms with Crippen molar-refractivity contribution in [2.75, 3.05) is 6.61 Å². The van der Waals surface area contributed by atoms with Gasteiger partial charge in [-0.05, 0) is 27.8 Å². The van der Waals surface area contributed by atoms with E-state index < -0.39 is 8.32 Å². The van der Waals surface area contributed by atoms with Crippen LogP contribution in [-0.2, 0) is 9.22 Å². The zero-order chi connectivity index (χ0) is 18.4. The lowest BCUT2D eigenvalue weighted by Gasteiger charge is -2.43. The Labute approximate surface area is 156 Å². The first-order valence-electron chi connectivity index (χ1n) is 9.49. The second-order valence-corrected chi connectivity index (χ2v) is 12.9. The van der Waals surface area contributed by atoms with Crippen molar-refractivity contribution < 1.29 is 9.22 Å². The van der Waals surface area contributed by atoms with Crippen LogP contribution < -0.4 is 15.7 Å². The molecule has 1 saturated heterocycles. The molecule has 2 aromatic rings. The second-order valence-electron chi connectivity index (χ2n) is 8.60. The molecule has 4 heteroatoms. The smallest absolute Gasteiger partial charge is 0.261 e. The van der Waals surface area contributed by atoms with Crippen molar-refractivity contribution in [1.29, 1.82) is 0 Å². The number of carbonyl (C=O) groups excluding carboxylic acids is 1. The minimum atomic E-state index is -2.50. The molecule has 26 heavy (non-hydrogen) atoms. The van der Waals surface area contributed by atoms with Gasteiger partial charge in [0.05, 0.1) is 12.6 Å². The minimum Gasteiger partial charge on any atom is -0.405 e. The molecule has 1 N–H and O–H groups in total. The largest absolute Gasteiger partial charge is 0.405 e. The summed E-state index contributed by atoms with van der Waals surface area (Å²) in [5.41, 5.74) is 0. The number of carbonyl (C=O) groups is 1. The molecule has 136 valence electrons. The van der Waals surface area contributed by atoms with Crippen molar-refractivity contribution in [3.05, 3.63) is 60.7 Å². The summed E-state index contributed by atoms with van der Waals surface area (Å²) < 4.78 is 6.92. The van der Waals surface area contributed by atoms with Crippen molar-refractivity contribution in [3.63, 3.8) is 0 Å². The highest BCUT2D eigenvalue weighted by Crippen LogP contribution is 2.46. The van der Waals surface area contributed by atoms with E-state index in [2.05, 4.69) is 86.8 Å². The summed E-state index contributed by atoms with van der Waals surface area (Å²) >= 11 is 0. The van der Waals surface area contributed by atoms with Gasteiger partial charge in [-0.3, -0.25) is 4.79 Å². The van der Waals surface area contributed by atoms with E-state index in [0.29, 0.717) is 12.5 Å². The topological polar surface area (TPSA) is 38.3 Å². The average molecular weight is 366 g/mol. The molecular formula is C22H27NO2Si. The number of fused-ring (bicyclic) bond motifs is 1. The van der Waals surface area contributed by atoms with Crippen LogP contribution in [0.4, 0.5) is 0 Å². The predicted molar refractivity (Wildman–Crippen MR) is 107 cm³/mol. The van der Waals surface area contributed by atoms with Crippen LogP contribution in [0.25, 0.3) is 0 Å². The molecule has 0 spiro atoms. The highest BCUT2D eigenvalue weighted by molar-refractivity contribution is 6.99. The molecule has 3 nitrogen and oxygen atoms in total. The van der Waals surface area contributed by atoms with Gasteiger partial charge in [-0.1, -0.05) is 81.4 Å². The standard InChI is InChI=1S/C22H27NO2Si/c1-22(2,3)26(16-10-6-4-7-11-16,17-12-8-5-9-13-17)25-15-20-18-14-19(18)21(24)23-20/h4-13,18-20H,14-15H2,1-3H3,(H,23,24)/t18?,19?,20-/m1/s1. The number of amides is 1. The van der Waals surface area contributed by atoms with E-state index in [0.717, 1.165) is 6.42 Å². The molecule has 2 unspecified atom stereocenters. The average Bonchev–Trinajstić information content (AvgIpc) is 3.37. The molecule has 1 aliphatic heterocycles. The normalized spacial score (nSPS) is 24.9. The quantitative estimate of drug-likeness (QED) is 0.828. The van der Waals surface area contributed by atoms with Gasteiger partial charge in [0.1, 0.15) is 0 Å². The van der Waals surface area contributed by atoms with Gasteiger partial charge in [-0.15, -0.1) is 0 Å². The predicted octanol–water partition coefficient (Wildman–Crippen LogP) is 2.70. The molecule has 2 aliphatic rings. The van der Waals surface area contributed by atoms with Crippen LogP contribution in [0.5, 0.6) is 0 Å². The molecule has 1 aliphatic carbocycles. The Morgan fingerprint density at radius 2 is 1.54 bits per heavy atom. The number of benzene rings is 2. The van der Waals surface area contributed by atoms with Crippen LogP contribution in [-0.4, -0.2) is 26.9 Å². The first-order chi connectivity index (χ1) is 12.4. The van der Waals surface area contributed by atoms with Gasteiger partial charge in [-0.2, -0.15) is 0 Å². The maximum atomic E-state index is 11.9. The Hall–Kier alpha value is -1.91. The van der Waals surface area contributed by atoms with E-state index in [4.69, 9.17) is 4.43 Å². The lowest BCUT2D eigenvalue weighted by molar-refractivity contribution is -0.121. The van der Waals surface area contributed by atoms with Gasteiger partial charge in [0.15, 0.2) is 0 Å². The van der Waals surface area contributed by atoms with E-state index in [1.165, 1.54) is 10.4 Å². The van der Waals surface area contributed by atoms with Gasteiger partial charge in [0.25, 0.3) is 8.32 Å². The molecule has 2 fully saturated rings. The molecule has 3 atom stereocenters. The van der Waals surface area contributed by atoms with Crippen LogP contribution in [0, 0.1) is 11.8 Å². The number of piperidine rings is 1. The molecular weight excluding hydrogens is 338 g/mol. The fourth-order valence-electron chi connectivity index (χ4n) is 4.50. The number of hydrogen-bond acceptors (Lipinski definition) is 2. The maximum absolute atomic E-state index is 11.9. The van der Waals surface area contributed by atoms with Crippen LogP contribution in [0.2, 0.25) is 5.04 Å². The van der Waals surface area contributed by atoms with Crippen LogP contribution in [0.15, 0.2) is 60.7 Å². The Morgan fingerprint density at radius 3 is 1.92 bits per heavy atom. The van der Waals surface area contributed by atoms with Crippen molar-refractivity contribution in [1.82, 2.24) is 5.32 Å². The number of rotatable bonds is 5. The molecule has 2 aromatic carbocycles. The first-order valence-corrected chi connectivity index (χ1v) is 11.4. The Morgan fingerprint density at radius 1 is 1.00 bits per heavy atom. The summed E-state index contributed by atoms with van der Waals surface area (Å²) in [5.74, 6) is 0.925. The van der Waals surface area contributed by atoms with Crippen LogP contribution in [0.1, 0.15) is 27.2 Å². The van der Waals surface area contributed by atoms with Crippen molar-refractivity contribution >= 4 is 24.6 Å². The number of nitrogens with one attached hydrogen (secondary N) is 1. The van der Waals surface area contributed by atoms with E-state index in [-0.39, 0.29) is 22.9 Å². The Kier molecular flexibility index (Phi) is 4.28.